The highest BCUT2D eigenvalue weighted by Gasteiger charge is 2.35. The van der Waals surface area contributed by atoms with Crippen molar-refractivity contribution in [2.45, 2.75) is 58.3 Å². The molecule has 152 valence electrons. The van der Waals surface area contributed by atoms with Crippen LogP contribution in [0.25, 0.3) is 0 Å². The van der Waals surface area contributed by atoms with Gasteiger partial charge in [-0.3, -0.25) is 10.2 Å². The monoisotopic (exact) mass is 392 g/mol. The van der Waals surface area contributed by atoms with E-state index < -0.39 is 17.5 Å². The lowest BCUT2D eigenvalue weighted by Gasteiger charge is -2.30. The van der Waals surface area contributed by atoms with Gasteiger partial charge in [-0.25, -0.2) is 9.59 Å². The van der Waals surface area contributed by atoms with Crippen LogP contribution in [-0.2, 0) is 34.5 Å². The van der Waals surface area contributed by atoms with Crippen LogP contribution >= 0.6 is 0 Å². The van der Waals surface area contributed by atoms with Crippen molar-refractivity contribution in [3.05, 3.63) is 33.9 Å². The number of hydrogen-bond acceptors (Lipinski definition) is 6. The van der Waals surface area contributed by atoms with Gasteiger partial charge in [-0.2, -0.15) is 10.2 Å². The molecule has 0 atom stereocenters. The van der Waals surface area contributed by atoms with E-state index in [1.165, 1.54) is 0 Å². The zero-order chi connectivity index (χ0) is 20.7. The minimum absolute atomic E-state index is 0.0738. The van der Waals surface area contributed by atoms with Gasteiger partial charge in [0.15, 0.2) is 11.4 Å². The predicted octanol–water partition coefficient (Wildman–Crippen LogP) is 1.87. The number of hydrogen-bond donors (Lipinski definition) is 4. The molecule has 0 amide bonds. The number of nitrogens with one attached hydrogen (secondary N) is 2. The number of aromatic carboxylic acids is 2. The summed E-state index contributed by atoms with van der Waals surface area (Å²) in [5.41, 5.74) is 2.43. The molecule has 10 heteroatoms. The van der Waals surface area contributed by atoms with E-state index in [1.807, 2.05) is 27.7 Å². The SMILES string of the molecule is CC1(C)Cc2c(C(=O)O)n[nH]c2CO1.CC1(C)OCCc2[nH]nc(C(=O)O)c21. The highest BCUT2D eigenvalue weighted by atomic mass is 16.5. The number of ether oxygens (including phenoxy) is 2. The van der Waals surface area contributed by atoms with Crippen molar-refractivity contribution in [3.8, 4) is 0 Å². The molecule has 4 heterocycles. The summed E-state index contributed by atoms with van der Waals surface area (Å²) < 4.78 is 11.0. The van der Waals surface area contributed by atoms with Crippen molar-refractivity contribution < 1.29 is 29.3 Å². The third kappa shape index (κ3) is 3.78. The first-order valence-electron chi connectivity index (χ1n) is 8.90. The van der Waals surface area contributed by atoms with Gasteiger partial charge in [0.2, 0.25) is 0 Å². The Balaban J connectivity index is 0.000000161. The van der Waals surface area contributed by atoms with E-state index in [0.29, 0.717) is 31.6 Å². The first-order chi connectivity index (χ1) is 13.0. The van der Waals surface area contributed by atoms with Crippen LogP contribution in [0.5, 0.6) is 0 Å². The van der Waals surface area contributed by atoms with E-state index in [-0.39, 0.29) is 17.0 Å². The van der Waals surface area contributed by atoms with Crippen LogP contribution in [-0.4, -0.2) is 54.8 Å². The fourth-order valence-electron chi connectivity index (χ4n) is 3.47. The molecule has 10 nitrogen and oxygen atoms in total. The second-order valence-electron chi connectivity index (χ2n) is 7.90. The molecule has 0 saturated carbocycles. The van der Waals surface area contributed by atoms with Gasteiger partial charge in [0.25, 0.3) is 0 Å². The Morgan fingerprint density at radius 1 is 0.964 bits per heavy atom. The number of nitrogens with zero attached hydrogens (tertiary/aromatic N) is 2. The maximum absolute atomic E-state index is 10.9. The van der Waals surface area contributed by atoms with Gasteiger partial charge in [0, 0.05) is 29.7 Å². The number of aromatic amines is 2. The number of rotatable bonds is 2. The molecule has 0 aromatic carbocycles. The van der Waals surface area contributed by atoms with Crippen LogP contribution in [0.4, 0.5) is 0 Å². The van der Waals surface area contributed by atoms with Crippen LogP contribution in [0, 0.1) is 0 Å². The molecule has 4 N–H and O–H groups in total. The normalized spacial score (nSPS) is 19.0. The van der Waals surface area contributed by atoms with E-state index in [1.54, 1.807) is 0 Å². The van der Waals surface area contributed by atoms with Crippen LogP contribution in [0.3, 0.4) is 0 Å². The molecule has 0 bridgehead atoms. The lowest BCUT2D eigenvalue weighted by molar-refractivity contribution is -0.0416. The summed E-state index contributed by atoms with van der Waals surface area (Å²) in [4.78, 5) is 21.7. The third-order valence-electron chi connectivity index (χ3n) is 4.83. The molecular weight excluding hydrogens is 368 g/mol. The molecule has 2 aliphatic rings. The Labute approximate surface area is 161 Å². The summed E-state index contributed by atoms with van der Waals surface area (Å²) >= 11 is 0. The van der Waals surface area contributed by atoms with E-state index in [9.17, 15) is 9.59 Å². The Kier molecular flexibility index (Phi) is 5.02. The first-order valence-corrected chi connectivity index (χ1v) is 8.90. The third-order valence-corrected chi connectivity index (χ3v) is 4.83. The van der Waals surface area contributed by atoms with Crippen LogP contribution in [0.1, 0.15) is 71.2 Å². The largest absolute Gasteiger partial charge is 0.476 e. The highest BCUT2D eigenvalue weighted by molar-refractivity contribution is 5.88. The van der Waals surface area contributed by atoms with Crippen LogP contribution in [0.15, 0.2) is 0 Å². The molecule has 28 heavy (non-hydrogen) atoms. The first kappa shape index (κ1) is 20.0. The van der Waals surface area contributed by atoms with E-state index >= 15 is 0 Å². The van der Waals surface area contributed by atoms with Gasteiger partial charge in [-0.15, -0.1) is 0 Å². The van der Waals surface area contributed by atoms with Gasteiger partial charge in [0.1, 0.15) is 0 Å². The molecule has 4 rings (SSSR count). The summed E-state index contributed by atoms with van der Waals surface area (Å²) in [5, 5.41) is 30.8. The standard InChI is InChI=1S/2C9H12N2O3/c1-9(2)3-5-6(4-14-9)10-11-7(5)8(12)13;1-9(2)6-5(3-4-14-9)10-11-7(6)8(12)13/h2*3-4H2,1-2H3,(H,10,11)(H,12,13). The predicted molar refractivity (Wildman–Crippen MR) is 96.3 cm³/mol. The Morgan fingerprint density at radius 3 is 2.21 bits per heavy atom. The Hall–Kier alpha value is -2.72. The number of carboxylic acids is 2. The summed E-state index contributed by atoms with van der Waals surface area (Å²) in [6.07, 6.45) is 1.28. The number of H-pyrrole nitrogens is 2. The quantitative estimate of drug-likeness (QED) is 0.605. The molecule has 0 aliphatic carbocycles. The zero-order valence-corrected chi connectivity index (χ0v) is 16.3. The Morgan fingerprint density at radius 2 is 1.57 bits per heavy atom. The fourth-order valence-corrected chi connectivity index (χ4v) is 3.47. The van der Waals surface area contributed by atoms with Crippen molar-refractivity contribution in [2.75, 3.05) is 6.61 Å². The topological polar surface area (TPSA) is 150 Å². The number of carbonyl (C=O) groups is 2. The molecule has 0 saturated heterocycles. The molecule has 2 aliphatic heterocycles. The molecule has 0 fully saturated rings. The van der Waals surface area contributed by atoms with E-state index in [4.69, 9.17) is 19.7 Å². The van der Waals surface area contributed by atoms with Gasteiger partial charge < -0.3 is 19.7 Å². The highest BCUT2D eigenvalue weighted by Crippen LogP contribution is 2.33. The summed E-state index contributed by atoms with van der Waals surface area (Å²) in [7, 11) is 0. The molecule has 2 aromatic rings. The molecule has 0 radical (unpaired) electrons. The molecule has 2 aromatic heterocycles. The van der Waals surface area contributed by atoms with Crippen molar-refractivity contribution in [1.29, 1.82) is 0 Å². The summed E-state index contributed by atoms with van der Waals surface area (Å²) in [6, 6.07) is 0. The smallest absolute Gasteiger partial charge is 0.356 e. The van der Waals surface area contributed by atoms with Gasteiger partial charge in [-0.05, 0) is 27.7 Å². The summed E-state index contributed by atoms with van der Waals surface area (Å²) in [5.74, 6) is -2.00. The number of fused-ring (bicyclic) bond motifs is 2. The van der Waals surface area contributed by atoms with Crippen molar-refractivity contribution in [2.24, 2.45) is 0 Å². The lowest BCUT2D eigenvalue weighted by atomic mass is 9.92. The molecule has 0 spiro atoms. The van der Waals surface area contributed by atoms with Crippen molar-refractivity contribution in [1.82, 2.24) is 20.4 Å². The number of carboxylic acid groups (broad SMARTS) is 2. The van der Waals surface area contributed by atoms with Crippen LogP contribution < -0.4 is 0 Å². The van der Waals surface area contributed by atoms with Gasteiger partial charge in [-0.1, -0.05) is 0 Å². The van der Waals surface area contributed by atoms with Gasteiger partial charge >= 0.3 is 11.9 Å². The average molecular weight is 392 g/mol. The van der Waals surface area contributed by atoms with Crippen molar-refractivity contribution >= 4 is 11.9 Å². The minimum atomic E-state index is -1.01. The molecule has 0 unspecified atom stereocenters. The fraction of sp³-hybridized carbons (Fsp3) is 0.556. The van der Waals surface area contributed by atoms with Crippen molar-refractivity contribution in [3.63, 3.8) is 0 Å². The number of aromatic nitrogens is 4. The maximum Gasteiger partial charge on any atom is 0.356 e. The van der Waals surface area contributed by atoms with Gasteiger partial charge in [0.05, 0.1) is 30.1 Å². The second-order valence-corrected chi connectivity index (χ2v) is 7.90. The van der Waals surface area contributed by atoms with E-state index in [0.717, 1.165) is 17.0 Å². The average Bonchev–Trinajstić information content (AvgIpc) is 3.18. The lowest BCUT2D eigenvalue weighted by Crippen LogP contribution is -2.32. The maximum atomic E-state index is 10.9. The molecular formula is C18H24N4O6. The Bertz CT molecular complexity index is 911. The summed E-state index contributed by atoms with van der Waals surface area (Å²) in [6.45, 7) is 8.59. The zero-order valence-electron chi connectivity index (χ0n) is 16.3. The van der Waals surface area contributed by atoms with Crippen LogP contribution in [0.2, 0.25) is 0 Å². The minimum Gasteiger partial charge on any atom is -0.476 e. The van der Waals surface area contributed by atoms with E-state index in [2.05, 4.69) is 20.4 Å². The second kappa shape index (κ2) is 7.02.